The van der Waals surface area contributed by atoms with Crippen molar-refractivity contribution in [3.8, 4) is 5.75 Å². The summed E-state index contributed by atoms with van der Waals surface area (Å²) in [5.41, 5.74) is 2.35. The lowest BCUT2D eigenvalue weighted by Crippen LogP contribution is -2.26. The number of aliphatic hydroxyl groups excluding tert-OH is 1. The summed E-state index contributed by atoms with van der Waals surface area (Å²) in [5.74, 6) is 1.04. The molecular formula is C14H19NO3. The molecule has 0 saturated carbocycles. The zero-order valence-corrected chi connectivity index (χ0v) is 10.7. The van der Waals surface area contributed by atoms with E-state index in [2.05, 4.69) is 6.07 Å². The van der Waals surface area contributed by atoms with Gasteiger partial charge in [0, 0.05) is 33.0 Å². The van der Waals surface area contributed by atoms with Crippen LogP contribution in [-0.2, 0) is 17.8 Å². The van der Waals surface area contributed by atoms with Crippen LogP contribution in [0.5, 0.6) is 5.75 Å². The standard InChI is InChI=1S/C14H19NO3/c1-15(14(17)3-2-7-16)10-11-4-5-13-12(9-11)6-8-18-13/h4-5,9,16H,2-3,6-8,10H2,1H3. The van der Waals surface area contributed by atoms with Crippen molar-refractivity contribution in [2.75, 3.05) is 20.3 Å². The number of hydrogen-bond donors (Lipinski definition) is 1. The maximum atomic E-state index is 11.7. The van der Waals surface area contributed by atoms with E-state index in [1.165, 1.54) is 5.56 Å². The highest BCUT2D eigenvalue weighted by Gasteiger charge is 2.14. The summed E-state index contributed by atoms with van der Waals surface area (Å²) < 4.78 is 5.45. The van der Waals surface area contributed by atoms with Crippen molar-refractivity contribution in [3.63, 3.8) is 0 Å². The van der Waals surface area contributed by atoms with E-state index in [4.69, 9.17) is 9.84 Å². The Morgan fingerprint density at radius 2 is 2.33 bits per heavy atom. The zero-order chi connectivity index (χ0) is 13.0. The molecule has 1 aromatic rings. The van der Waals surface area contributed by atoms with E-state index >= 15 is 0 Å². The molecule has 2 rings (SSSR count). The van der Waals surface area contributed by atoms with Gasteiger partial charge in [0.25, 0.3) is 0 Å². The Morgan fingerprint density at radius 1 is 1.50 bits per heavy atom. The Morgan fingerprint density at radius 3 is 3.11 bits per heavy atom. The third-order valence-corrected chi connectivity index (χ3v) is 3.15. The van der Waals surface area contributed by atoms with E-state index in [1.807, 2.05) is 12.1 Å². The molecule has 1 aliphatic heterocycles. The molecule has 1 N–H and O–H groups in total. The van der Waals surface area contributed by atoms with Crippen LogP contribution in [0.3, 0.4) is 0 Å². The van der Waals surface area contributed by atoms with Crippen LogP contribution in [-0.4, -0.2) is 36.2 Å². The highest BCUT2D eigenvalue weighted by molar-refractivity contribution is 5.75. The summed E-state index contributed by atoms with van der Waals surface area (Å²) in [6, 6.07) is 6.09. The fourth-order valence-electron chi connectivity index (χ4n) is 2.12. The second-order valence-corrected chi connectivity index (χ2v) is 4.62. The average Bonchev–Trinajstić information content (AvgIpc) is 2.83. The molecule has 0 atom stereocenters. The van der Waals surface area contributed by atoms with E-state index < -0.39 is 0 Å². The smallest absolute Gasteiger partial charge is 0.222 e. The van der Waals surface area contributed by atoms with Crippen LogP contribution >= 0.6 is 0 Å². The van der Waals surface area contributed by atoms with Gasteiger partial charge in [-0.3, -0.25) is 4.79 Å². The number of benzene rings is 1. The minimum atomic E-state index is 0.0652. The first-order valence-corrected chi connectivity index (χ1v) is 6.30. The van der Waals surface area contributed by atoms with Crippen LogP contribution in [0.2, 0.25) is 0 Å². The summed E-state index contributed by atoms with van der Waals surface area (Å²) in [7, 11) is 1.80. The number of aliphatic hydroxyl groups is 1. The predicted octanol–water partition coefficient (Wildman–Crippen LogP) is 1.35. The van der Waals surface area contributed by atoms with Crippen molar-refractivity contribution in [3.05, 3.63) is 29.3 Å². The van der Waals surface area contributed by atoms with Gasteiger partial charge in [-0.25, -0.2) is 0 Å². The van der Waals surface area contributed by atoms with E-state index in [0.717, 1.165) is 24.3 Å². The van der Waals surface area contributed by atoms with Crippen LogP contribution < -0.4 is 4.74 Å². The quantitative estimate of drug-likeness (QED) is 0.857. The molecule has 1 aliphatic rings. The van der Waals surface area contributed by atoms with E-state index in [9.17, 15) is 4.79 Å². The van der Waals surface area contributed by atoms with E-state index in [-0.39, 0.29) is 12.5 Å². The summed E-state index contributed by atoms with van der Waals surface area (Å²) in [6.07, 6.45) is 1.88. The molecule has 0 spiro atoms. The Labute approximate surface area is 107 Å². The predicted molar refractivity (Wildman–Crippen MR) is 68.4 cm³/mol. The van der Waals surface area contributed by atoms with Gasteiger partial charge in [0.1, 0.15) is 5.75 Å². The number of amides is 1. The van der Waals surface area contributed by atoms with Crippen LogP contribution in [0.25, 0.3) is 0 Å². The molecule has 1 heterocycles. The van der Waals surface area contributed by atoms with Crippen LogP contribution in [0.15, 0.2) is 18.2 Å². The molecule has 1 amide bonds. The average molecular weight is 249 g/mol. The largest absolute Gasteiger partial charge is 0.493 e. The van der Waals surface area contributed by atoms with Crippen LogP contribution in [0, 0.1) is 0 Å². The molecule has 0 saturated heterocycles. The zero-order valence-electron chi connectivity index (χ0n) is 10.7. The number of ether oxygens (including phenoxy) is 1. The highest BCUT2D eigenvalue weighted by atomic mass is 16.5. The number of carbonyl (C=O) groups excluding carboxylic acids is 1. The second-order valence-electron chi connectivity index (χ2n) is 4.62. The Balaban J connectivity index is 1.94. The van der Waals surface area contributed by atoms with Gasteiger partial charge in [-0.2, -0.15) is 0 Å². The molecule has 98 valence electrons. The third kappa shape index (κ3) is 3.01. The third-order valence-electron chi connectivity index (χ3n) is 3.15. The van der Waals surface area contributed by atoms with Gasteiger partial charge in [-0.15, -0.1) is 0 Å². The summed E-state index contributed by atoms with van der Waals surface area (Å²) in [4.78, 5) is 13.4. The van der Waals surface area contributed by atoms with Gasteiger partial charge in [0.05, 0.1) is 6.61 Å². The molecule has 1 aromatic carbocycles. The van der Waals surface area contributed by atoms with Crippen LogP contribution in [0.1, 0.15) is 24.0 Å². The minimum Gasteiger partial charge on any atom is -0.493 e. The fraction of sp³-hybridized carbons (Fsp3) is 0.500. The van der Waals surface area contributed by atoms with Gasteiger partial charge in [0.15, 0.2) is 0 Å². The van der Waals surface area contributed by atoms with Crippen molar-refractivity contribution in [1.82, 2.24) is 4.90 Å². The molecule has 18 heavy (non-hydrogen) atoms. The van der Waals surface area contributed by atoms with Crippen molar-refractivity contribution in [2.45, 2.75) is 25.8 Å². The number of carbonyl (C=O) groups is 1. The second kappa shape index (κ2) is 5.87. The Bertz CT molecular complexity index is 431. The van der Waals surface area contributed by atoms with Crippen molar-refractivity contribution in [2.24, 2.45) is 0 Å². The molecule has 0 unspecified atom stereocenters. The minimum absolute atomic E-state index is 0.0652. The first-order valence-electron chi connectivity index (χ1n) is 6.30. The number of hydrogen-bond acceptors (Lipinski definition) is 3. The normalized spacial score (nSPS) is 13.0. The lowest BCUT2D eigenvalue weighted by molar-refractivity contribution is -0.130. The molecule has 0 bridgehead atoms. The monoisotopic (exact) mass is 249 g/mol. The van der Waals surface area contributed by atoms with Gasteiger partial charge in [0.2, 0.25) is 5.91 Å². The van der Waals surface area contributed by atoms with Gasteiger partial charge >= 0.3 is 0 Å². The fourth-order valence-corrected chi connectivity index (χ4v) is 2.12. The highest BCUT2D eigenvalue weighted by Crippen LogP contribution is 2.26. The summed E-state index contributed by atoms with van der Waals surface area (Å²) >= 11 is 0. The first-order chi connectivity index (χ1) is 8.70. The summed E-state index contributed by atoms with van der Waals surface area (Å²) in [6.45, 7) is 1.43. The lowest BCUT2D eigenvalue weighted by Gasteiger charge is -2.17. The molecule has 0 aliphatic carbocycles. The molecule has 4 nitrogen and oxygen atoms in total. The molecule has 0 radical (unpaired) electrons. The van der Waals surface area contributed by atoms with Crippen LogP contribution in [0.4, 0.5) is 0 Å². The maximum absolute atomic E-state index is 11.7. The summed E-state index contributed by atoms with van der Waals surface area (Å²) in [5, 5.41) is 8.71. The maximum Gasteiger partial charge on any atom is 0.222 e. The number of fused-ring (bicyclic) bond motifs is 1. The van der Waals surface area contributed by atoms with Gasteiger partial charge < -0.3 is 14.7 Å². The van der Waals surface area contributed by atoms with Gasteiger partial charge in [-0.05, 0) is 23.6 Å². The SMILES string of the molecule is CN(Cc1ccc2c(c1)CCO2)C(=O)CCCO. The van der Waals surface area contributed by atoms with Gasteiger partial charge in [-0.1, -0.05) is 12.1 Å². The van der Waals surface area contributed by atoms with Crippen molar-refractivity contribution >= 4 is 5.91 Å². The number of nitrogens with zero attached hydrogens (tertiary/aromatic N) is 1. The molecular weight excluding hydrogens is 230 g/mol. The van der Waals surface area contributed by atoms with Crippen molar-refractivity contribution < 1.29 is 14.6 Å². The Kier molecular flexibility index (Phi) is 4.20. The molecule has 0 aromatic heterocycles. The Hall–Kier alpha value is -1.55. The molecule has 4 heteroatoms. The molecule has 0 fully saturated rings. The van der Waals surface area contributed by atoms with E-state index in [0.29, 0.717) is 19.4 Å². The number of rotatable bonds is 5. The van der Waals surface area contributed by atoms with Crippen molar-refractivity contribution in [1.29, 1.82) is 0 Å². The first kappa shape index (κ1) is 12.9. The lowest BCUT2D eigenvalue weighted by atomic mass is 10.1. The topological polar surface area (TPSA) is 49.8 Å². The van der Waals surface area contributed by atoms with E-state index in [1.54, 1.807) is 11.9 Å².